The number of likely N-dealkylation sites (tertiary alicyclic amines) is 1. The predicted octanol–water partition coefficient (Wildman–Crippen LogP) is 4.15. The number of piperidine rings is 1. The zero-order valence-corrected chi connectivity index (χ0v) is 16.6. The summed E-state index contributed by atoms with van der Waals surface area (Å²) in [5.74, 6) is -0.390. The van der Waals surface area contributed by atoms with E-state index in [1.165, 1.54) is 12.0 Å². The molecule has 1 heterocycles. The van der Waals surface area contributed by atoms with Crippen molar-refractivity contribution >= 4 is 11.9 Å². The van der Waals surface area contributed by atoms with Crippen molar-refractivity contribution in [2.75, 3.05) is 13.1 Å². The van der Waals surface area contributed by atoms with Crippen LogP contribution in [-0.4, -0.2) is 36.0 Å². The average Bonchev–Trinajstić information content (AvgIpc) is 2.74. The largest absolute Gasteiger partial charge is 0.462 e. The fraction of sp³-hybridized carbons (Fsp3) is 0.583. The number of esters is 1. The molecule has 2 aliphatic carbocycles. The summed E-state index contributed by atoms with van der Waals surface area (Å²) in [6.45, 7) is 1.50. The molecular formula is C24H31NO3. The van der Waals surface area contributed by atoms with Crippen LogP contribution < -0.4 is 0 Å². The van der Waals surface area contributed by atoms with Gasteiger partial charge in [0.25, 0.3) is 0 Å². The van der Waals surface area contributed by atoms with Crippen LogP contribution in [0.1, 0.15) is 50.5 Å². The molecule has 4 rings (SSSR count). The molecule has 2 fully saturated rings. The first-order valence-corrected chi connectivity index (χ1v) is 10.9. The third-order valence-corrected chi connectivity index (χ3v) is 6.65. The summed E-state index contributed by atoms with van der Waals surface area (Å²) in [5.41, 5.74) is 1.24. The molecule has 1 saturated heterocycles. The molecule has 4 nitrogen and oxygen atoms in total. The maximum atomic E-state index is 13.3. The number of ether oxygens (including phenoxy) is 1. The molecule has 1 aliphatic heterocycles. The van der Waals surface area contributed by atoms with Gasteiger partial charge in [-0.15, -0.1) is 0 Å². The second-order valence-corrected chi connectivity index (χ2v) is 8.51. The highest BCUT2D eigenvalue weighted by atomic mass is 16.5. The van der Waals surface area contributed by atoms with Gasteiger partial charge in [0.05, 0.1) is 11.8 Å². The first kappa shape index (κ1) is 19.2. The van der Waals surface area contributed by atoms with Gasteiger partial charge < -0.3 is 9.64 Å². The van der Waals surface area contributed by atoms with Crippen molar-refractivity contribution in [3.8, 4) is 0 Å². The Morgan fingerprint density at radius 2 is 1.86 bits per heavy atom. The molecule has 1 aromatic carbocycles. The number of carbonyl (C=O) groups excluding carboxylic acids is 2. The van der Waals surface area contributed by atoms with Crippen molar-refractivity contribution in [1.82, 2.24) is 4.90 Å². The van der Waals surface area contributed by atoms with E-state index in [1.807, 2.05) is 23.1 Å². The van der Waals surface area contributed by atoms with E-state index in [1.54, 1.807) is 0 Å². The molecule has 4 heteroatoms. The number of rotatable bonds is 5. The molecule has 0 radical (unpaired) electrons. The second kappa shape index (κ2) is 8.93. The topological polar surface area (TPSA) is 46.6 Å². The first-order valence-electron chi connectivity index (χ1n) is 10.9. The normalized spacial score (nSPS) is 28.1. The maximum absolute atomic E-state index is 13.3. The number of carbonyl (C=O) groups is 2. The molecule has 1 aromatic rings. The van der Waals surface area contributed by atoms with Gasteiger partial charge in [-0.1, -0.05) is 48.9 Å². The molecule has 0 N–H and O–H groups in total. The zero-order chi connectivity index (χ0) is 19.3. The lowest BCUT2D eigenvalue weighted by molar-refractivity contribution is -0.164. The number of hydrogen-bond donors (Lipinski definition) is 0. The number of fused-ring (bicyclic) bond motifs is 1. The van der Waals surface area contributed by atoms with Gasteiger partial charge in [0.15, 0.2) is 0 Å². The van der Waals surface area contributed by atoms with Gasteiger partial charge in [0.1, 0.15) is 6.10 Å². The van der Waals surface area contributed by atoms with E-state index in [9.17, 15) is 9.59 Å². The smallest absolute Gasteiger partial charge is 0.310 e. The van der Waals surface area contributed by atoms with Crippen molar-refractivity contribution in [3.63, 3.8) is 0 Å². The summed E-state index contributed by atoms with van der Waals surface area (Å²) in [6.07, 6.45) is 12.2. The van der Waals surface area contributed by atoms with Crippen LogP contribution in [-0.2, 0) is 20.7 Å². The van der Waals surface area contributed by atoms with Crippen molar-refractivity contribution in [2.45, 2.75) is 57.5 Å². The molecule has 28 heavy (non-hydrogen) atoms. The molecule has 3 atom stereocenters. The minimum absolute atomic E-state index is 0.0542. The number of benzene rings is 1. The minimum atomic E-state index is -0.316. The van der Waals surface area contributed by atoms with Crippen molar-refractivity contribution in [1.29, 1.82) is 0 Å². The molecule has 0 aromatic heterocycles. The van der Waals surface area contributed by atoms with Gasteiger partial charge in [-0.3, -0.25) is 9.59 Å². The van der Waals surface area contributed by atoms with E-state index in [4.69, 9.17) is 4.74 Å². The monoisotopic (exact) mass is 381 g/mol. The minimum Gasteiger partial charge on any atom is -0.462 e. The number of allylic oxidation sites excluding steroid dienone is 2. The van der Waals surface area contributed by atoms with E-state index < -0.39 is 0 Å². The molecule has 0 bridgehead atoms. The Labute approximate surface area is 167 Å². The van der Waals surface area contributed by atoms with Crippen LogP contribution in [0.25, 0.3) is 0 Å². The summed E-state index contributed by atoms with van der Waals surface area (Å²) >= 11 is 0. The van der Waals surface area contributed by atoms with Crippen molar-refractivity contribution < 1.29 is 14.3 Å². The van der Waals surface area contributed by atoms with Crippen LogP contribution in [0.3, 0.4) is 0 Å². The van der Waals surface area contributed by atoms with Crippen LogP contribution >= 0.6 is 0 Å². The summed E-state index contributed by atoms with van der Waals surface area (Å²) < 4.78 is 5.85. The summed E-state index contributed by atoms with van der Waals surface area (Å²) in [7, 11) is 0. The SMILES string of the molecule is O=C(OC1CCCCC1)C1CC=CC2CCN(CCc3ccccc3)C(=O)C21. The molecule has 0 spiro atoms. The van der Waals surface area contributed by atoms with E-state index in [-0.39, 0.29) is 35.7 Å². The quantitative estimate of drug-likeness (QED) is 0.569. The highest BCUT2D eigenvalue weighted by Gasteiger charge is 2.45. The lowest BCUT2D eigenvalue weighted by Crippen LogP contribution is -2.51. The summed E-state index contributed by atoms with van der Waals surface area (Å²) in [5, 5.41) is 0. The molecule has 3 unspecified atom stereocenters. The highest BCUT2D eigenvalue weighted by Crippen LogP contribution is 2.38. The Morgan fingerprint density at radius 3 is 2.64 bits per heavy atom. The fourth-order valence-electron chi connectivity index (χ4n) is 5.03. The van der Waals surface area contributed by atoms with Gasteiger partial charge in [0, 0.05) is 13.1 Å². The Kier molecular flexibility index (Phi) is 6.13. The van der Waals surface area contributed by atoms with Crippen molar-refractivity contribution in [2.24, 2.45) is 17.8 Å². The number of amides is 1. The van der Waals surface area contributed by atoms with E-state index >= 15 is 0 Å². The van der Waals surface area contributed by atoms with Gasteiger partial charge >= 0.3 is 5.97 Å². The number of hydrogen-bond acceptors (Lipinski definition) is 3. The fourth-order valence-corrected chi connectivity index (χ4v) is 5.03. The van der Waals surface area contributed by atoms with E-state index in [0.29, 0.717) is 6.42 Å². The molecule has 150 valence electrons. The summed E-state index contributed by atoms with van der Waals surface area (Å²) in [6, 6.07) is 10.3. The van der Waals surface area contributed by atoms with Gasteiger partial charge in [-0.05, 0) is 56.4 Å². The van der Waals surface area contributed by atoms with Gasteiger partial charge in [0.2, 0.25) is 5.91 Å². The average molecular weight is 382 g/mol. The Balaban J connectivity index is 1.41. The van der Waals surface area contributed by atoms with Crippen LogP contribution in [0.5, 0.6) is 0 Å². The van der Waals surface area contributed by atoms with Crippen LogP contribution in [0.2, 0.25) is 0 Å². The van der Waals surface area contributed by atoms with E-state index in [0.717, 1.165) is 51.6 Å². The Bertz CT molecular complexity index is 708. The molecule has 1 saturated carbocycles. The van der Waals surface area contributed by atoms with Crippen LogP contribution in [0, 0.1) is 17.8 Å². The number of nitrogens with zero attached hydrogens (tertiary/aromatic N) is 1. The van der Waals surface area contributed by atoms with Gasteiger partial charge in [-0.2, -0.15) is 0 Å². The first-order chi connectivity index (χ1) is 13.7. The maximum Gasteiger partial charge on any atom is 0.310 e. The third kappa shape index (κ3) is 4.31. The summed E-state index contributed by atoms with van der Waals surface area (Å²) in [4.78, 5) is 28.2. The lowest BCUT2D eigenvalue weighted by atomic mass is 9.71. The highest BCUT2D eigenvalue weighted by molar-refractivity contribution is 5.87. The second-order valence-electron chi connectivity index (χ2n) is 8.51. The molecule has 3 aliphatic rings. The Hall–Kier alpha value is -2.10. The Morgan fingerprint density at radius 1 is 1.07 bits per heavy atom. The van der Waals surface area contributed by atoms with E-state index in [2.05, 4.69) is 24.3 Å². The van der Waals surface area contributed by atoms with Gasteiger partial charge in [-0.25, -0.2) is 0 Å². The zero-order valence-electron chi connectivity index (χ0n) is 16.6. The lowest BCUT2D eigenvalue weighted by Gasteiger charge is -2.41. The van der Waals surface area contributed by atoms with Crippen molar-refractivity contribution in [3.05, 3.63) is 48.0 Å². The molecule has 1 amide bonds. The molecular weight excluding hydrogens is 350 g/mol. The van der Waals surface area contributed by atoms with Crippen LogP contribution in [0.4, 0.5) is 0 Å². The van der Waals surface area contributed by atoms with Crippen LogP contribution in [0.15, 0.2) is 42.5 Å². The third-order valence-electron chi connectivity index (χ3n) is 6.65. The standard InChI is InChI=1S/C24H31NO3/c26-23-22-19(15-17-25(23)16-14-18-8-3-1-4-9-18)10-7-13-21(22)24(27)28-20-11-5-2-6-12-20/h1,3-4,7-10,19-22H,2,5-6,11-17H2. The predicted molar refractivity (Wildman–Crippen MR) is 109 cm³/mol.